The largest absolute Gasteiger partial charge is 3.00 e. The van der Waals surface area contributed by atoms with E-state index >= 15 is 0 Å². The van der Waals surface area contributed by atoms with Crippen molar-refractivity contribution in [2.24, 2.45) is 15.0 Å². The number of hydrogen-bond acceptors (Lipinski definition) is 4. The molecule has 0 amide bonds. The summed E-state index contributed by atoms with van der Waals surface area (Å²) in [6.45, 7) is 12.7. The average molecular weight is 1130 g/mol. The third-order valence-electron chi connectivity index (χ3n) is 13.4. The fourth-order valence-corrected chi connectivity index (χ4v) is 9.86. The Balaban J connectivity index is 0.00000241. The molecule has 0 saturated heterocycles. The van der Waals surface area contributed by atoms with Crippen molar-refractivity contribution in [3.05, 3.63) is 203 Å². The number of unbranched alkanes of at least 4 members (excludes halogenated alkanes) is 8. The second-order valence-corrected chi connectivity index (χ2v) is 18.3. The number of pyridine rings is 3. The van der Waals surface area contributed by atoms with E-state index < -0.39 is 0 Å². The minimum atomic E-state index is 0. The van der Waals surface area contributed by atoms with Gasteiger partial charge in [0.05, 0.1) is 56.6 Å². The predicted molar refractivity (Wildman–Crippen MR) is 278 cm³/mol. The summed E-state index contributed by atoms with van der Waals surface area (Å²) in [5.74, 6) is 0. The molecular formula is C60H68Cl5MnN8. The molecule has 8 nitrogen and oxygen atoms in total. The van der Waals surface area contributed by atoms with Crippen LogP contribution in [-0.2, 0) is 36.7 Å². The van der Waals surface area contributed by atoms with Gasteiger partial charge in [-0.3, -0.25) is 0 Å². The van der Waals surface area contributed by atoms with E-state index in [1.165, 1.54) is 25.7 Å². The molecular weight excluding hydrogens is 1060 g/mol. The van der Waals surface area contributed by atoms with Crippen molar-refractivity contribution < 1.29 is 92.8 Å². The molecule has 8 bridgehead atoms. The zero-order valence-electron chi connectivity index (χ0n) is 43.0. The monoisotopic (exact) mass is 1130 g/mol. The first-order valence-electron chi connectivity index (χ1n) is 25.6. The van der Waals surface area contributed by atoms with Crippen molar-refractivity contribution in [1.29, 1.82) is 0 Å². The molecule has 9 heterocycles. The zero-order valence-corrected chi connectivity index (χ0v) is 48.0. The van der Waals surface area contributed by atoms with Crippen LogP contribution in [0.2, 0.25) is 0 Å². The van der Waals surface area contributed by atoms with E-state index in [2.05, 4.69) is 193 Å². The van der Waals surface area contributed by atoms with E-state index in [1.54, 1.807) is 0 Å². The first-order valence-corrected chi connectivity index (χ1v) is 25.6. The molecule has 0 radical (unpaired) electrons. The van der Waals surface area contributed by atoms with E-state index in [1.807, 2.05) is 0 Å². The van der Waals surface area contributed by atoms with Gasteiger partial charge in [-0.05, 0) is 92.5 Å². The molecule has 5 aliphatic rings. The standard InChI is InChI=1S/C60H68N8.5ClH.Mn/c1-5-9-17-37-65-41-21-13-25-53(65)57-45-29-31-47(61-45)58(54-26-14-22-42-66(54)38-18-10-6-2)49-33-35-51(63-49)60(56-28-16-24-44-68(56)40-20-12-8-4)52-36-34-50(64-52)59(48-32-30-46(57)62-48)55-27-15-23-43-67(55)39-19-11-7-3;;;;;;/h13-16,21-36,41-44H,5-12,17-20,37-40H2,1-4H3;5*1H;/q+2;;;;;;+3/p-5. The number of allylic oxidation sites excluding steroid dienone is 11. The van der Waals surface area contributed by atoms with Crippen LogP contribution in [-0.4, -0.2) is 28.6 Å². The van der Waals surface area contributed by atoms with Crippen molar-refractivity contribution in [1.82, 2.24) is 9.88 Å². The van der Waals surface area contributed by atoms with E-state index in [0.717, 1.165) is 168 Å². The number of fused-ring (bicyclic) bond motifs is 5. The second-order valence-electron chi connectivity index (χ2n) is 18.3. The van der Waals surface area contributed by atoms with Gasteiger partial charge in [0.2, 0.25) is 17.1 Å². The number of aliphatic imine (C=N–C) groups is 3. The first-order chi connectivity index (χ1) is 33.6. The summed E-state index contributed by atoms with van der Waals surface area (Å²) in [7, 11) is 0. The minimum Gasteiger partial charge on any atom is -1.00 e. The van der Waals surface area contributed by atoms with Crippen LogP contribution in [0.25, 0.3) is 16.7 Å². The Morgan fingerprint density at radius 1 is 0.419 bits per heavy atom. The van der Waals surface area contributed by atoms with Crippen molar-refractivity contribution in [3.8, 4) is 0 Å². The van der Waals surface area contributed by atoms with Gasteiger partial charge in [-0.15, -0.1) is 11.4 Å². The van der Waals surface area contributed by atoms with Gasteiger partial charge in [-0.1, -0.05) is 78.0 Å². The first kappa shape index (κ1) is 63.5. The van der Waals surface area contributed by atoms with E-state index in [9.17, 15) is 0 Å². The normalized spacial score (nSPS) is 15.9. The summed E-state index contributed by atoms with van der Waals surface area (Å²) in [5.41, 5.74) is 15.6. The van der Waals surface area contributed by atoms with Crippen LogP contribution in [0.4, 0.5) is 0 Å². The number of nitrogens with zero attached hydrogens (tertiary/aromatic N) is 8. The number of hydrogen-bond donors (Lipinski definition) is 0. The predicted octanol–water partition coefficient (Wildman–Crippen LogP) is -3.10. The van der Waals surface area contributed by atoms with Gasteiger partial charge in [-0.25, -0.2) is 15.0 Å². The molecule has 390 valence electrons. The molecule has 4 aromatic rings. The Labute approximate surface area is 482 Å². The van der Waals surface area contributed by atoms with Gasteiger partial charge in [0.15, 0.2) is 18.6 Å². The van der Waals surface area contributed by atoms with Gasteiger partial charge in [0.1, 0.15) is 19.6 Å². The Morgan fingerprint density at radius 3 is 1.24 bits per heavy atom. The molecule has 0 atom stereocenters. The second kappa shape index (κ2) is 31.3. The fraction of sp³-hybridized carbons (Fsp3) is 0.333. The van der Waals surface area contributed by atoms with Gasteiger partial charge in [0, 0.05) is 74.0 Å². The molecule has 74 heavy (non-hydrogen) atoms. The Hall–Kier alpha value is -4.83. The molecule has 0 unspecified atom stereocenters. The number of aryl methyl sites for hydroxylation is 3. The maximum Gasteiger partial charge on any atom is 3.00 e. The fourth-order valence-electron chi connectivity index (χ4n) is 9.86. The third kappa shape index (κ3) is 14.3. The maximum atomic E-state index is 5.66. The van der Waals surface area contributed by atoms with Gasteiger partial charge >= 0.3 is 17.1 Å². The molecule has 0 saturated carbocycles. The van der Waals surface area contributed by atoms with Gasteiger partial charge in [-0.2, -0.15) is 13.7 Å². The third-order valence-corrected chi connectivity index (χ3v) is 13.4. The molecule has 0 aromatic carbocycles. The molecule has 0 N–H and O–H groups in total. The summed E-state index contributed by atoms with van der Waals surface area (Å²) >= 11 is 0. The van der Waals surface area contributed by atoms with Gasteiger partial charge < -0.3 is 71.9 Å². The summed E-state index contributed by atoms with van der Waals surface area (Å²) in [6.07, 6.45) is 42.2. The minimum absolute atomic E-state index is 0. The summed E-state index contributed by atoms with van der Waals surface area (Å²) in [5, 5.41) is 0. The topological polar surface area (TPSA) is 66.1 Å². The molecule has 5 aliphatic heterocycles. The average Bonchev–Trinajstić information content (AvgIpc) is 4.22. The molecule has 0 fully saturated rings. The van der Waals surface area contributed by atoms with Crippen LogP contribution in [0, 0.1) is 0 Å². The van der Waals surface area contributed by atoms with E-state index in [0.29, 0.717) is 0 Å². The van der Waals surface area contributed by atoms with Crippen molar-refractivity contribution >= 4 is 33.9 Å². The molecule has 0 aliphatic carbocycles. The van der Waals surface area contributed by atoms with E-state index in [-0.39, 0.29) is 79.1 Å². The smallest absolute Gasteiger partial charge is 1.00 e. The molecule has 9 rings (SSSR count). The molecule has 0 spiro atoms. The zero-order chi connectivity index (χ0) is 46.7. The summed E-state index contributed by atoms with van der Waals surface area (Å²) in [6, 6.07) is 24.0. The van der Waals surface area contributed by atoms with E-state index in [4.69, 9.17) is 20.0 Å². The Bertz CT molecular complexity index is 2930. The van der Waals surface area contributed by atoms with Crippen molar-refractivity contribution in [3.63, 3.8) is 0 Å². The van der Waals surface area contributed by atoms with Crippen LogP contribution in [0.3, 0.4) is 0 Å². The number of halogens is 5. The van der Waals surface area contributed by atoms with Crippen LogP contribution in [0.5, 0.6) is 0 Å². The van der Waals surface area contributed by atoms with Crippen molar-refractivity contribution in [2.45, 2.75) is 124 Å². The Kier molecular flexibility index (Phi) is 26.8. The SMILES string of the molecule is CCCCCN1C=CC=C/C1=C1\C2=NC(=C(c3cccc[n+]3CCCCC)C3=NC(=C(c4cccc[n+]4CCCCC)c4ccc([n-]4)C(c4cccc[n+]4CCCCC)=C4C=CC1=N4)C=C3)C=C2.[Cl-].[Cl-].[Cl-].[Cl-].[Cl-].[Mn+3]. The molecule has 4 aromatic heterocycles. The number of aromatic nitrogens is 4. The van der Waals surface area contributed by atoms with Crippen LogP contribution in [0.1, 0.15) is 133 Å². The van der Waals surface area contributed by atoms with Gasteiger partial charge in [0.25, 0.3) is 0 Å². The Morgan fingerprint density at radius 2 is 0.811 bits per heavy atom. The van der Waals surface area contributed by atoms with Crippen LogP contribution >= 0.6 is 0 Å². The van der Waals surface area contributed by atoms with Crippen LogP contribution < -0.4 is 80.7 Å². The summed E-state index contributed by atoms with van der Waals surface area (Å²) < 4.78 is 7.18. The number of rotatable bonds is 19. The van der Waals surface area contributed by atoms with Crippen molar-refractivity contribution in [2.75, 3.05) is 6.54 Å². The molecule has 14 heteroatoms. The maximum absolute atomic E-state index is 5.66. The summed E-state index contributed by atoms with van der Waals surface area (Å²) in [4.78, 5) is 25.0. The van der Waals surface area contributed by atoms with Crippen LogP contribution in [0.15, 0.2) is 190 Å². The quantitative estimate of drug-likeness (QED) is 0.0569.